The van der Waals surface area contributed by atoms with Crippen LogP contribution in [0.1, 0.15) is 21.5 Å². The maximum absolute atomic E-state index is 13.2. The Bertz CT molecular complexity index is 1130. The topological polar surface area (TPSA) is 146 Å². The van der Waals surface area contributed by atoms with E-state index in [1.165, 1.54) is 34.4 Å². The fraction of sp³-hybridized carbons (Fsp3) is 0.478. The molecule has 5 atom stereocenters. The number of aromatic nitrogens is 1. The number of hydrogen-bond donors (Lipinski definition) is 3. The monoisotopic (exact) mass is 581 g/mol. The van der Waals surface area contributed by atoms with Crippen LogP contribution in [0.4, 0.5) is 0 Å². The third-order valence-corrected chi connectivity index (χ3v) is 6.75. The van der Waals surface area contributed by atoms with Crippen molar-refractivity contribution in [2.24, 2.45) is 0 Å². The predicted octanol–water partition coefficient (Wildman–Crippen LogP) is 2.56. The van der Waals surface area contributed by atoms with Crippen LogP contribution in [0.25, 0.3) is 0 Å². The van der Waals surface area contributed by atoms with Gasteiger partial charge in [-0.3, -0.25) is 0 Å². The molecule has 0 radical (unpaired) electrons. The zero-order valence-corrected chi connectivity index (χ0v) is 22.5. The number of carbonyl (C=O) groups excluding carboxylic acids is 1. The van der Waals surface area contributed by atoms with Gasteiger partial charge in [0.05, 0.1) is 25.8 Å². The maximum atomic E-state index is 13.2. The molecule has 1 aliphatic heterocycles. The number of esters is 1. The molecule has 204 valence electrons. The number of pyridine rings is 1. The second kappa shape index (κ2) is 12.6. The van der Waals surface area contributed by atoms with Gasteiger partial charge in [0, 0.05) is 18.9 Å². The summed E-state index contributed by atoms with van der Waals surface area (Å²) in [5, 5.41) is 30.2. The largest absolute Gasteiger partial charge is 0.494 e. The van der Waals surface area contributed by atoms with E-state index in [9.17, 15) is 20.1 Å². The van der Waals surface area contributed by atoms with Crippen LogP contribution in [0, 0.1) is 6.92 Å². The number of nitrogens with zero attached hydrogens (tertiary/aromatic N) is 1. The first-order chi connectivity index (χ1) is 17.6. The SMILES string of the molecule is COc1ncc(COc2c(Cl)c(C)c(C(=O)O[C@H]3[C@@H](OC)O[C@H](CO)[C@@H](O)[C@@H]3O)c(OC)c2Cl)cc1Cl. The van der Waals surface area contributed by atoms with Crippen LogP contribution in [-0.2, 0) is 20.8 Å². The molecule has 1 saturated heterocycles. The van der Waals surface area contributed by atoms with Gasteiger partial charge in [0.2, 0.25) is 5.88 Å². The van der Waals surface area contributed by atoms with Gasteiger partial charge in [-0.15, -0.1) is 0 Å². The summed E-state index contributed by atoms with van der Waals surface area (Å²) in [4.78, 5) is 17.3. The summed E-state index contributed by atoms with van der Waals surface area (Å²) < 4.78 is 32.2. The molecule has 0 saturated carbocycles. The normalized spacial score (nSPS) is 23.5. The zero-order valence-electron chi connectivity index (χ0n) is 20.2. The van der Waals surface area contributed by atoms with Crippen molar-refractivity contribution in [2.75, 3.05) is 27.9 Å². The van der Waals surface area contributed by atoms with Crippen molar-refractivity contribution in [1.29, 1.82) is 0 Å². The molecule has 3 N–H and O–H groups in total. The van der Waals surface area contributed by atoms with Crippen molar-refractivity contribution in [2.45, 2.75) is 44.2 Å². The second-order valence-corrected chi connectivity index (χ2v) is 9.09. The smallest absolute Gasteiger partial charge is 0.342 e. The molecule has 14 heteroatoms. The summed E-state index contributed by atoms with van der Waals surface area (Å²) >= 11 is 19.1. The lowest BCUT2D eigenvalue weighted by Gasteiger charge is -2.40. The van der Waals surface area contributed by atoms with Gasteiger partial charge in [0.15, 0.2) is 23.9 Å². The highest BCUT2D eigenvalue weighted by molar-refractivity contribution is 6.39. The molecule has 0 unspecified atom stereocenters. The first kappa shape index (κ1) is 29.5. The molecule has 11 nitrogen and oxygen atoms in total. The number of aliphatic hydroxyl groups excluding tert-OH is 3. The summed E-state index contributed by atoms with van der Waals surface area (Å²) in [6.07, 6.45) is -5.51. The summed E-state index contributed by atoms with van der Waals surface area (Å²) in [5.41, 5.74) is 0.664. The van der Waals surface area contributed by atoms with E-state index in [0.29, 0.717) is 5.56 Å². The number of halogens is 3. The van der Waals surface area contributed by atoms with Crippen LogP contribution in [0.15, 0.2) is 12.3 Å². The van der Waals surface area contributed by atoms with Crippen molar-refractivity contribution < 1.29 is 48.5 Å². The minimum absolute atomic E-state index is 0.00873. The van der Waals surface area contributed by atoms with Gasteiger partial charge in [-0.1, -0.05) is 34.8 Å². The van der Waals surface area contributed by atoms with Gasteiger partial charge in [-0.05, 0) is 18.6 Å². The third kappa shape index (κ3) is 5.99. The molecule has 1 aromatic carbocycles. The summed E-state index contributed by atoms with van der Waals surface area (Å²) in [6.45, 7) is 0.916. The van der Waals surface area contributed by atoms with Crippen molar-refractivity contribution in [1.82, 2.24) is 4.98 Å². The molecule has 0 spiro atoms. The summed E-state index contributed by atoms with van der Waals surface area (Å²) in [7, 11) is 3.98. The van der Waals surface area contributed by atoms with Crippen molar-refractivity contribution in [3.05, 3.63) is 44.0 Å². The maximum Gasteiger partial charge on any atom is 0.342 e. The van der Waals surface area contributed by atoms with Gasteiger partial charge >= 0.3 is 5.97 Å². The number of methoxy groups -OCH3 is 3. The van der Waals surface area contributed by atoms with E-state index in [0.717, 1.165) is 0 Å². The minimum atomic E-state index is -1.62. The van der Waals surface area contributed by atoms with E-state index >= 15 is 0 Å². The molecule has 1 aliphatic rings. The lowest BCUT2D eigenvalue weighted by atomic mass is 9.99. The van der Waals surface area contributed by atoms with Crippen LogP contribution >= 0.6 is 34.8 Å². The van der Waals surface area contributed by atoms with E-state index in [1.54, 1.807) is 6.07 Å². The molecule has 1 aromatic heterocycles. The Kier molecular flexibility index (Phi) is 10.1. The molecule has 0 bridgehead atoms. The molecule has 2 heterocycles. The fourth-order valence-corrected chi connectivity index (χ4v) is 4.61. The Morgan fingerprint density at radius 3 is 2.35 bits per heavy atom. The standard InChI is InChI=1S/C23H26Cl3NO10/c1-9-13(22(31)37-20-17(30)16(29)12(7-28)36-23(20)34-4)18(32-2)15(26)19(14(9)25)35-8-10-5-11(24)21(33-3)27-6-10/h5-6,12,16-17,20,23,28-30H,7-8H2,1-4H3/t12-,16-,17+,20-,23+/m1/s1. The van der Waals surface area contributed by atoms with Crippen LogP contribution in [0.3, 0.4) is 0 Å². The van der Waals surface area contributed by atoms with E-state index < -0.39 is 43.3 Å². The Hall–Kier alpha value is -2.09. The van der Waals surface area contributed by atoms with E-state index in [-0.39, 0.29) is 50.2 Å². The van der Waals surface area contributed by atoms with Gasteiger partial charge in [0.25, 0.3) is 0 Å². The molecular formula is C23H26Cl3NO10. The van der Waals surface area contributed by atoms with Gasteiger partial charge in [-0.25, -0.2) is 9.78 Å². The van der Waals surface area contributed by atoms with Gasteiger partial charge in [-0.2, -0.15) is 0 Å². The highest BCUT2D eigenvalue weighted by Gasteiger charge is 2.47. The number of aliphatic hydroxyl groups is 3. The molecular weight excluding hydrogens is 557 g/mol. The van der Waals surface area contributed by atoms with Gasteiger partial charge in [0.1, 0.15) is 40.5 Å². The second-order valence-electron chi connectivity index (χ2n) is 7.93. The molecule has 37 heavy (non-hydrogen) atoms. The lowest BCUT2D eigenvalue weighted by Crippen LogP contribution is -2.60. The van der Waals surface area contributed by atoms with E-state index in [4.69, 9.17) is 63.2 Å². The number of benzene rings is 1. The minimum Gasteiger partial charge on any atom is -0.494 e. The van der Waals surface area contributed by atoms with Crippen LogP contribution < -0.4 is 14.2 Å². The Balaban J connectivity index is 1.89. The number of ether oxygens (including phenoxy) is 6. The predicted molar refractivity (Wildman–Crippen MR) is 132 cm³/mol. The fourth-order valence-electron chi connectivity index (χ4n) is 3.73. The Morgan fingerprint density at radius 1 is 1.08 bits per heavy atom. The van der Waals surface area contributed by atoms with E-state index in [2.05, 4.69) is 4.98 Å². The Morgan fingerprint density at radius 2 is 1.78 bits per heavy atom. The summed E-state index contributed by atoms with van der Waals surface area (Å²) in [6, 6.07) is 1.60. The zero-order chi connectivity index (χ0) is 27.4. The third-order valence-electron chi connectivity index (χ3n) is 5.68. The summed E-state index contributed by atoms with van der Waals surface area (Å²) in [5.74, 6) is -0.785. The number of hydrogen-bond acceptors (Lipinski definition) is 11. The first-order valence-electron chi connectivity index (χ1n) is 10.8. The van der Waals surface area contributed by atoms with Crippen molar-refractivity contribution in [3.63, 3.8) is 0 Å². The van der Waals surface area contributed by atoms with E-state index in [1.807, 2.05) is 0 Å². The highest BCUT2D eigenvalue weighted by Crippen LogP contribution is 2.46. The molecule has 1 fully saturated rings. The number of carbonyl (C=O) groups is 1. The lowest BCUT2D eigenvalue weighted by molar-refractivity contribution is -0.293. The molecule has 0 aliphatic carbocycles. The molecule has 2 aromatic rings. The average Bonchev–Trinajstić information content (AvgIpc) is 2.88. The number of rotatable bonds is 9. The van der Waals surface area contributed by atoms with Crippen LogP contribution in [-0.4, -0.2) is 84.9 Å². The van der Waals surface area contributed by atoms with Gasteiger partial charge < -0.3 is 43.7 Å². The van der Waals surface area contributed by atoms with Crippen molar-refractivity contribution in [3.8, 4) is 17.4 Å². The van der Waals surface area contributed by atoms with Crippen LogP contribution in [0.2, 0.25) is 15.1 Å². The highest BCUT2D eigenvalue weighted by atomic mass is 35.5. The average molecular weight is 583 g/mol. The quantitative estimate of drug-likeness (QED) is 0.375. The Labute approximate surface area is 227 Å². The first-order valence-corrected chi connectivity index (χ1v) is 12.0. The van der Waals surface area contributed by atoms with Crippen molar-refractivity contribution >= 4 is 40.8 Å². The van der Waals surface area contributed by atoms with Crippen LogP contribution in [0.5, 0.6) is 17.4 Å². The molecule has 0 amide bonds. The molecule has 3 rings (SSSR count).